The average molecular weight is 382 g/mol. The Morgan fingerprint density at radius 2 is 1.93 bits per heavy atom. The Labute approximate surface area is 164 Å². The lowest BCUT2D eigenvalue weighted by Crippen LogP contribution is -2.38. The molecule has 2 atom stereocenters. The number of hydrazone groups is 1. The third kappa shape index (κ3) is 4.46. The van der Waals surface area contributed by atoms with E-state index >= 15 is 0 Å². The number of nitrogens with zero attached hydrogens (tertiary/aromatic N) is 1. The molecule has 2 aliphatic heterocycles. The molecule has 2 aromatic rings. The van der Waals surface area contributed by atoms with Crippen LogP contribution in [0.15, 0.2) is 59.7 Å². The summed E-state index contributed by atoms with van der Waals surface area (Å²) in [6.07, 6.45) is 3.06. The molecule has 0 radical (unpaired) electrons. The minimum absolute atomic E-state index is 0.0601. The number of para-hydroxylation sites is 1. The summed E-state index contributed by atoms with van der Waals surface area (Å²) < 4.78 is 11.8. The minimum Gasteiger partial charge on any atom is -0.485 e. The number of thiocarbonyl (C=S) groups is 1. The first-order chi connectivity index (χ1) is 13.3. The van der Waals surface area contributed by atoms with Crippen molar-refractivity contribution in [3.05, 3.63) is 65.7 Å². The first-order valence-corrected chi connectivity index (χ1v) is 9.73. The van der Waals surface area contributed by atoms with E-state index in [1.54, 1.807) is 0 Å². The lowest BCUT2D eigenvalue weighted by Gasteiger charge is -2.27. The molecular weight excluding hydrogens is 358 g/mol. The predicted octanol–water partition coefficient (Wildman–Crippen LogP) is 3.56. The van der Waals surface area contributed by atoms with Gasteiger partial charge in [-0.2, -0.15) is 5.10 Å². The third-order valence-electron chi connectivity index (χ3n) is 4.82. The van der Waals surface area contributed by atoms with Gasteiger partial charge in [0.2, 0.25) is 0 Å². The van der Waals surface area contributed by atoms with Gasteiger partial charge in [-0.1, -0.05) is 42.5 Å². The topological polar surface area (TPSA) is 54.9 Å². The van der Waals surface area contributed by atoms with Crippen LogP contribution in [0.3, 0.4) is 0 Å². The van der Waals surface area contributed by atoms with Crippen LogP contribution in [-0.4, -0.2) is 30.1 Å². The zero-order valence-corrected chi connectivity index (χ0v) is 15.9. The Morgan fingerprint density at radius 3 is 2.74 bits per heavy atom. The van der Waals surface area contributed by atoms with Crippen molar-refractivity contribution in [3.63, 3.8) is 0 Å². The van der Waals surface area contributed by atoms with Crippen molar-refractivity contribution >= 4 is 23.0 Å². The molecule has 1 saturated heterocycles. The second-order valence-electron chi connectivity index (χ2n) is 6.73. The molecule has 0 spiro atoms. The second kappa shape index (κ2) is 8.50. The number of ether oxygens (including phenoxy) is 2. The molecule has 6 heteroatoms. The number of hydrogen-bond acceptors (Lipinski definition) is 4. The fourth-order valence-corrected chi connectivity index (χ4v) is 3.55. The van der Waals surface area contributed by atoms with Gasteiger partial charge in [0, 0.05) is 25.1 Å². The molecule has 2 aliphatic rings. The normalized spacial score (nSPS) is 22.7. The van der Waals surface area contributed by atoms with Gasteiger partial charge in [0.25, 0.3) is 0 Å². The van der Waals surface area contributed by atoms with Gasteiger partial charge >= 0.3 is 0 Å². The van der Waals surface area contributed by atoms with Gasteiger partial charge in [-0.15, -0.1) is 0 Å². The number of benzene rings is 2. The smallest absolute Gasteiger partial charge is 0.187 e. The molecule has 5 nitrogen and oxygen atoms in total. The maximum atomic E-state index is 6.20. The maximum Gasteiger partial charge on any atom is 0.187 e. The second-order valence-corrected chi connectivity index (χ2v) is 7.14. The highest BCUT2D eigenvalue weighted by Crippen LogP contribution is 2.34. The largest absolute Gasteiger partial charge is 0.485 e. The van der Waals surface area contributed by atoms with Crippen LogP contribution in [0.25, 0.3) is 0 Å². The van der Waals surface area contributed by atoms with Crippen LogP contribution in [0.2, 0.25) is 0 Å². The van der Waals surface area contributed by atoms with Gasteiger partial charge in [-0.05, 0) is 42.8 Å². The van der Waals surface area contributed by atoms with Gasteiger partial charge in [-0.3, -0.25) is 5.43 Å². The van der Waals surface area contributed by atoms with Crippen molar-refractivity contribution in [2.45, 2.75) is 31.5 Å². The van der Waals surface area contributed by atoms with Crippen LogP contribution in [0.5, 0.6) is 5.75 Å². The molecule has 27 heavy (non-hydrogen) atoms. The van der Waals surface area contributed by atoms with Crippen LogP contribution in [0.1, 0.15) is 36.5 Å². The SMILES string of the molecule is S=C(NC[C@H]1CCCO1)NN=C1C[C@H](c2ccccc2)Oc2ccccc21. The van der Waals surface area contributed by atoms with Crippen molar-refractivity contribution in [2.75, 3.05) is 13.2 Å². The molecule has 2 aromatic carbocycles. The van der Waals surface area contributed by atoms with E-state index in [9.17, 15) is 0 Å². The Bertz CT molecular complexity index is 819. The summed E-state index contributed by atoms with van der Waals surface area (Å²) in [6.45, 7) is 1.55. The zero-order valence-electron chi connectivity index (χ0n) is 15.1. The first kappa shape index (κ1) is 17.9. The van der Waals surface area contributed by atoms with Gasteiger partial charge in [-0.25, -0.2) is 0 Å². The molecule has 0 bridgehead atoms. The highest BCUT2D eigenvalue weighted by Gasteiger charge is 2.26. The van der Waals surface area contributed by atoms with E-state index < -0.39 is 0 Å². The Morgan fingerprint density at radius 1 is 1.11 bits per heavy atom. The highest BCUT2D eigenvalue weighted by molar-refractivity contribution is 7.80. The van der Waals surface area contributed by atoms with Crippen LogP contribution in [-0.2, 0) is 4.74 Å². The summed E-state index contributed by atoms with van der Waals surface area (Å²) in [4.78, 5) is 0. The van der Waals surface area contributed by atoms with Crippen molar-refractivity contribution < 1.29 is 9.47 Å². The average Bonchev–Trinajstić information content (AvgIpc) is 3.24. The zero-order chi connectivity index (χ0) is 18.5. The van der Waals surface area contributed by atoms with E-state index in [0.29, 0.717) is 18.1 Å². The van der Waals surface area contributed by atoms with E-state index in [0.717, 1.165) is 42.0 Å². The molecule has 0 aromatic heterocycles. The van der Waals surface area contributed by atoms with Crippen molar-refractivity contribution in [2.24, 2.45) is 5.10 Å². The van der Waals surface area contributed by atoms with Crippen molar-refractivity contribution in [1.29, 1.82) is 0 Å². The lowest BCUT2D eigenvalue weighted by molar-refractivity contribution is 0.114. The molecule has 0 aliphatic carbocycles. The van der Waals surface area contributed by atoms with Gasteiger partial charge in [0.1, 0.15) is 11.9 Å². The summed E-state index contributed by atoms with van der Waals surface area (Å²) in [5, 5.41) is 8.29. The highest BCUT2D eigenvalue weighted by atomic mass is 32.1. The molecular formula is C21H23N3O2S. The van der Waals surface area contributed by atoms with E-state index in [4.69, 9.17) is 21.7 Å². The number of rotatable bonds is 4. The van der Waals surface area contributed by atoms with Crippen molar-refractivity contribution in [3.8, 4) is 5.75 Å². The first-order valence-electron chi connectivity index (χ1n) is 9.32. The Balaban J connectivity index is 1.46. The fourth-order valence-electron chi connectivity index (χ4n) is 3.42. The molecule has 2 N–H and O–H groups in total. The Kier molecular flexibility index (Phi) is 5.65. The summed E-state index contributed by atoms with van der Waals surface area (Å²) >= 11 is 5.36. The van der Waals surface area contributed by atoms with Gasteiger partial charge < -0.3 is 14.8 Å². The minimum atomic E-state index is -0.0601. The molecule has 4 rings (SSSR count). The molecule has 140 valence electrons. The van der Waals surface area contributed by atoms with Crippen molar-refractivity contribution in [1.82, 2.24) is 10.7 Å². The quantitative estimate of drug-likeness (QED) is 0.627. The summed E-state index contributed by atoms with van der Waals surface area (Å²) in [5.41, 5.74) is 6.06. The molecule has 0 unspecified atom stereocenters. The van der Waals surface area contributed by atoms with E-state index in [-0.39, 0.29) is 12.2 Å². The van der Waals surface area contributed by atoms with Crippen LogP contribution in [0, 0.1) is 0 Å². The number of nitrogens with one attached hydrogen (secondary N) is 2. The lowest BCUT2D eigenvalue weighted by atomic mass is 9.96. The van der Waals surface area contributed by atoms with E-state index in [1.165, 1.54) is 0 Å². The fraction of sp³-hybridized carbons (Fsp3) is 0.333. The number of hydrogen-bond donors (Lipinski definition) is 2. The number of fused-ring (bicyclic) bond motifs is 1. The summed E-state index contributed by atoms with van der Waals surface area (Å²) in [6, 6.07) is 18.2. The Hall–Kier alpha value is -2.44. The molecule has 1 fully saturated rings. The monoisotopic (exact) mass is 381 g/mol. The predicted molar refractivity (Wildman–Crippen MR) is 110 cm³/mol. The molecule has 0 saturated carbocycles. The van der Waals surface area contributed by atoms with Gasteiger partial charge in [0.05, 0.1) is 11.8 Å². The van der Waals surface area contributed by atoms with E-state index in [1.807, 2.05) is 42.5 Å². The third-order valence-corrected chi connectivity index (χ3v) is 5.06. The summed E-state index contributed by atoms with van der Waals surface area (Å²) in [7, 11) is 0. The summed E-state index contributed by atoms with van der Waals surface area (Å²) in [5.74, 6) is 0.844. The van der Waals surface area contributed by atoms with Crippen LogP contribution < -0.4 is 15.5 Å². The van der Waals surface area contributed by atoms with Crippen LogP contribution in [0.4, 0.5) is 0 Å². The van der Waals surface area contributed by atoms with E-state index in [2.05, 4.69) is 28.0 Å². The molecule has 2 heterocycles. The maximum absolute atomic E-state index is 6.20. The van der Waals surface area contributed by atoms with Gasteiger partial charge in [0.15, 0.2) is 5.11 Å². The van der Waals surface area contributed by atoms with Crippen LogP contribution >= 0.6 is 12.2 Å². The molecule has 0 amide bonds. The standard InChI is InChI=1S/C21H23N3O2S/c27-21(22-14-16-9-6-12-25-16)24-23-18-13-20(15-7-2-1-3-8-15)26-19-11-5-4-10-17(18)19/h1-5,7-8,10-11,16,20H,6,9,12-14H2,(H2,22,24,27)/t16-,20-/m1/s1.